The molecule has 0 radical (unpaired) electrons. The number of amides is 1. The quantitative estimate of drug-likeness (QED) is 0.940. The Labute approximate surface area is 141 Å². The lowest BCUT2D eigenvalue weighted by atomic mass is 10.0. The van der Waals surface area contributed by atoms with Gasteiger partial charge in [-0.3, -0.25) is 4.79 Å². The largest absolute Gasteiger partial charge is 0.339 e. The van der Waals surface area contributed by atoms with Crippen molar-refractivity contribution in [1.29, 1.82) is 0 Å². The molecule has 1 aromatic carbocycles. The predicted octanol–water partition coefficient (Wildman–Crippen LogP) is 2.45. The van der Waals surface area contributed by atoms with Crippen molar-refractivity contribution in [3.05, 3.63) is 47.0 Å². The van der Waals surface area contributed by atoms with Crippen molar-refractivity contribution in [1.82, 2.24) is 20.0 Å². The molecule has 0 unspecified atom stereocenters. The molecule has 3 rings (SSSR count). The Bertz CT molecular complexity index is 749. The minimum absolute atomic E-state index is 0.138. The minimum atomic E-state index is -0.439. The molecule has 128 valence electrons. The van der Waals surface area contributed by atoms with Gasteiger partial charge in [-0.1, -0.05) is 0 Å². The van der Waals surface area contributed by atoms with Crippen LogP contribution in [0.2, 0.25) is 0 Å². The highest BCUT2D eigenvalue weighted by atomic mass is 19.1. The van der Waals surface area contributed by atoms with Crippen molar-refractivity contribution in [3.63, 3.8) is 0 Å². The lowest BCUT2D eigenvalue weighted by Gasteiger charge is -2.31. The van der Waals surface area contributed by atoms with Crippen LogP contribution in [0.25, 0.3) is 5.69 Å². The molecule has 0 bridgehead atoms. The molecular formula is C18H23FN4O. The molecule has 1 aliphatic rings. The van der Waals surface area contributed by atoms with Gasteiger partial charge in [0.2, 0.25) is 0 Å². The fraction of sp³-hybridized carbons (Fsp3) is 0.444. The number of carbonyl (C=O) groups excluding carboxylic acids is 1. The molecule has 6 heteroatoms. The first-order valence-corrected chi connectivity index (χ1v) is 8.28. The summed E-state index contributed by atoms with van der Waals surface area (Å²) in [6.07, 6.45) is 1.85. The van der Waals surface area contributed by atoms with Crippen LogP contribution in [0.4, 0.5) is 4.39 Å². The van der Waals surface area contributed by atoms with E-state index in [2.05, 4.69) is 10.4 Å². The Kier molecular flexibility index (Phi) is 4.66. The molecule has 1 N–H and O–H groups in total. The third-order valence-corrected chi connectivity index (χ3v) is 4.61. The van der Waals surface area contributed by atoms with Gasteiger partial charge in [0.25, 0.3) is 5.91 Å². The Morgan fingerprint density at radius 2 is 2.00 bits per heavy atom. The van der Waals surface area contributed by atoms with E-state index >= 15 is 0 Å². The smallest absolute Gasteiger partial charge is 0.253 e. The summed E-state index contributed by atoms with van der Waals surface area (Å²) in [4.78, 5) is 14.4. The van der Waals surface area contributed by atoms with E-state index in [1.165, 1.54) is 6.07 Å². The average molecular weight is 330 g/mol. The summed E-state index contributed by atoms with van der Waals surface area (Å²) in [6, 6.07) is 6.71. The highest BCUT2D eigenvalue weighted by Gasteiger charge is 2.23. The van der Waals surface area contributed by atoms with Crippen LogP contribution >= 0.6 is 0 Å². The molecule has 0 atom stereocenters. The second-order valence-corrected chi connectivity index (χ2v) is 6.40. The lowest BCUT2D eigenvalue weighted by molar-refractivity contribution is 0.0702. The normalized spacial score (nSPS) is 15.5. The summed E-state index contributed by atoms with van der Waals surface area (Å²) in [5.41, 5.74) is 2.43. The summed E-state index contributed by atoms with van der Waals surface area (Å²) in [5.74, 6) is -0.577. The summed E-state index contributed by atoms with van der Waals surface area (Å²) < 4.78 is 16.1. The molecule has 0 saturated carbocycles. The number of hydrogen-bond acceptors (Lipinski definition) is 3. The Balaban J connectivity index is 1.83. The van der Waals surface area contributed by atoms with E-state index in [-0.39, 0.29) is 11.9 Å². The monoisotopic (exact) mass is 330 g/mol. The van der Waals surface area contributed by atoms with Crippen LogP contribution in [0.5, 0.6) is 0 Å². The second-order valence-electron chi connectivity index (χ2n) is 6.40. The van der Waals surface area contributed by atoms with Gasteiger partial charge in [0.15, 0.2) is 0 Å². The molecule has 1 amide bonds. The zero-order valence-electron chi connectivity index (χ0n) is 14.3. The average Bonchev–Trinajstić information content (AvgIpc) is 2.92. The van der Waals surface area contributed by atoms with E-state index < -0.39 is 5.82 Å². The number of rotatable bonds is 3. The molecule has 1 aromatic heterocycles. The highest BCUT2D eigenvalue weighted by Crippen LogP contribution is 2.20. The molecule has 1 fully saturated rings. The molecular weight excluding hydrogens is 307 g/mol. The van der Waals surface area contributed by atoms with E-state index in [9.17, 15) is 9.18 Å². The maximum atomic E-state index is 14.5. The van der Waals surface area contributed by atoms with Gasteiger partial charge in [-0.05, 0) is 64.0 Å². The third kappa shape index (κ3) is 3.19. The van der Waals surface area contributed by atoms with Crippen molar-refractivity contribution in [2.75, 3.05) is 20.1 Å². The van der Waals surface area contributed by atoms with Crippen LogP contribution in [-0.2, 0) is 0 Å². The van der Waals surface area contributed by atoms with Crippen LogP contribution in [0.1, 0.15) is 34.6 Å². The molecule has 2 aromatic rings. The van der Waals surface area contributed by atoms with Crippen LogP contribution in [0.3, 0.4) is 0 Å². The number of aryl methyl sites for hydroxylation is 2. The standard InChI is InChI=1S/C18H23FN4O/c1-12-10-13(2)23(21-12)17-5-4-14(11-16(17)19)18(24)22(3)15-6-8-20-9-7-15/h4-5,10-11,15,20H,6-9H2,1-3H3. The van der Waals surface area contributed by atoms with Gasteiger partial charge in [0, 0.05) is 24.3 Å². The van der Waals surface area contributed by atoms with Gasteiger partial charge in [0.05, 0.1) is 5.69 Å². The number of nitrogens with zero attached hydrogens (tertiary/aromatic N) is 3. The molecule has 5 nitrogen and oxygen atoms in total. The SMILES string of the molecule is Cc1cc(C)n(-c2ccc(C(=O)N(C)C3CCNCC3)cc2F)n1. The second kappa shape index (κ2) is 6.73. The number of nitrogens with one attached hydrogen (secondary N) is 1. The van der Waals surface area contributed by atoms with Crippen LogP contribution in [0.15, 0.2) is 24.3 Å². The molecule has 0 spiro atoms. The van der Waals surface area contributed by atoms with Crippen molar-refractivity contribution < 1.29 is 9.18 Å². The van der Waals surface area contributed by atoms with Crippen molar-refractivity contribution in [2.45, 2.75) is 32.7 Å². The maximum absolute atomic E-state index is 14.5. The Morgan fingerprint density at radius 1 is 1.29 bits per heavy atom. The van der Waals surface area contributed by atoms with Gasteiger partial charge in [-0.2, -0.15) is 5.10 Å². The number of carbonyl (C=O) groups is 1. The number of piperidine rings is 1. The zero-order chi connectivity index (χ0) is 17.3. The fourth-order valence-corrected chi connectivity index (χ4v) is 3.25. The van der Waals surface area contributed by atoms with Crippen molar-refractivity contribution in [2.24, 2.45) is 0 Å². The van der Waals surface area contributed by atoms with E-state index in [0.29, 0.717) is 11.3 Å². The predicted molar refractivity (Wildman–Crippen MR) is 91.0 cm³/mol. The Morgan fingerprint density at radius 3 is 2.58 bits per heavy atom. The van der Waals surface area contributed by atoms with Gasteiger partial charge < -0.3 is 10.2 Å². The molecule has 2 heterocycles. The summed E-state index contributed by atoms with van der Waals surface area (Å²) in [7, 11) is 1.80. The van der Waals surface area contributed by atoms with Gasteiger partial charge >= 0.3 is 0 Å². The van der Waals surface area contributed by atoms with Gasteiger partial charge in [-0.25, -0.2) is 9.07 Å². The number of benzene rings is 1. The topological polar surface area (TPSA) is 50.2 Å². The molecule has 24 heavy (non-hydrogen) atoms. The minimum Gasteiger partial charge on any atom is -0.339 e. The van der Waals surface area contributed by atoms with E-state index in [1.54, 1.807) is 28.8 Å². The number of aromatic nitrogens is 2. The Hall–Kier alpha value is -2.21. The molecule has 1 aliphatic heterocycles. The third-order valence-electron chi connectivity index (χ3n) is 4.61. The summed E-state index contributed by atoms with van der Waals surface area (Å²) in [5, 5.41) is 7.58. The number of halogens is 1. The van der Waals surface area contributed by atoms with Crippen LogP contribution in [0, 0.1) is 19.7 Å². The maximum Gasteiger partial charge on any atom is 0.253 e. The summed E-state index contributed by atoms with van der Waals surface area (Å²) in [6.45, 7) is 5.57. The first-order valence-electron chi connectivity index (χ1n) is 8.28. The van der Waals surface area contributed by atoms with E-state index in [4.69, 9.17) is 0 Å². The fourth-order valence-electron chi connectivity index (χ4n) is 3.25. The first-order chi connectivity index (χ1) is 11.5. The highest BCUT2D eigenvalue weighted by molar-refractivity contribution is 5.94. The van der Waals surface area contributed by atoms with Crippen molar-refractivity contribution >= 4 is 5.91 Å². The number of hydrogen-bond donors (Lipinski definition) is 1. The molecule has 0 aliphatic carbocycles. The summed E-state index contributed by atoms with van der Waals surface area (Å²) >= 11 is 0. The zero-order valence-corrected chi connectivity index (χ0v) is 14.3. The molecule has 1 saturated heterocycles. The van der Waals surface area contributed by atoms with Crippen LogP contribution in [-0.4, -0.2) is 46.8 Å². The first kappa shape index (κ1) is 16.6. The van der Waals surface area contributed by atoms with E-state index in [0.717, 1.165) is 37.3 Å². The van der Waals surface area contributed by atoms with E-state index in [1.807, 2.05) is 19.9 Å². The van der Waals surface area contributed by atoms with Gasteiger partial charge in [0.1, 0.15) is 11.5 Å². The van der Waals surface area contributed by atoms with Crippen molar-refractivity contribution in [3.8, 4) is 5.69 Å². The van der Waals surface area contributed by atoms with Crippen LogP contribution < -0.4 is 5.32 Å². The lowest BCUT2D eigenvalue weighted by Crippen LogP contribution is -2.44. The van der Waals surface area contributed by atoms with Gasteiger partial charge in [-0.15, -0.1) is 0 Å².